The molecule has 17 aromatic rings. The number of benzene rings is 10. The van der Waals surface area contributed by atoms with Crippen LogP contribution in [0.25, 0.3) is 127 Å². The topological polar surface area (TPSA) is 123 Å². The van der Waals surface area contributed by atoms with Crippen LogP contribution in [0.3, 0.4) is 0 Å². The quantitative estimate of drug-likeness (QED) is 0.0864. The van der Waals surface area contributed by atoms with E-state index in [2.05, 4.69) is 296 Å². The van der Waals surface area contributed by atoms with Gasteiger partial charge in [-0.2, -0.15) is 0 Å². The van der Waals surface area contributed by atoms with Gasteiger partial charge in [-0.3, -0.25) is 9.97 Å². The van der Waals surface area contributed by atoms with Crippen molar-refractivity contribution in [2.24, 2.45) is 17.8 Å². The Morgan fingerprint density at radius 2 is 0.752 bits per heavy atom. The summed E-state index contributed by atoms with van der Waals surface area (Å²) < 4.78 is 21.9. The van der Waals surface area contributed by atoms with E-state index in [1.807, 2.05) is 60.7 Å². The molecule has 0 saturated carbocycles. The highest BCUT2D eigenvalue weighted by Gasteiger charge is 2.29. The first kappa shape index (κ1) is 80.2. The van der Waals surface area contributed by atoms with Crippen LogP contribution in [0.15, 0.2) is 261 Å². The maximum Gasteiger partial charge on any atom is 0.492 e. The van der Waals surface area contributed by atoms with E-state index in [-0.39, 0.29) is 0 Å². The van der Waals surface area contributed by atoms with Crippen molar-refractivity contribution < 1.29 is 23.3 Å². The second-order valence-corrected chi connectivity index (χ2v) is 50.9. The molecule has 10 aromatic carbocycles. The average molecular weight is 1650 g/mol. The molecule has 0 amide bonds. The van der Waals surface area contributed by atoms with E-state index in [0.717, 1.165) is 108 Å². The zero-order valence-electron chi connectivity index (χ0n) is 67.3. The molecule has 0 radical (unpaired) electrons. The summed E-state index contributed by atoms with van der Waals surface area (Å²) in [5, 5.41) is 32.6. The first-order chi connectivity index (χ1) is 54.0. The Morgan fingerprint density at radius 3 is 1.19 bits per heavy atom. The van der Waals surface area contributed by atoms with Crippen LogP contribution in [-0.4, -0.2) is 60.9 Å². The van der Waals surface area contributed by atoms with Crippen LogP contribution in [0.5, 0.6) is 0 Å². The van der Waals surface area contributed by atoms with Gasteiger partial charge in [0.15, 0.2) is 0 Å². The summed E-state index contributed by atoms with van der Waals surface area (Å²) in [7, 11) is -5.82. The van der Waals surface area contributed by atoms with E-state index in [0.29, 0.717) is 49.8 Å². The standard InChI is InChI=1S/C36H34N2OSi.C24H26ClNOSi.C13H10.C12H8BClO3.C12H20BrNSi/c1-23(2)20-24-21-29(37-22-34(24)40(3,4)5)27-18-19-32(35-28-14-8-11-17-33(28)39-36(27)35)38-30-15-9-6-12-25(30)26-13-7-10-16-31(26)38;1-15(2)12-16-13-20(26-14-22(16)28(3,4)5)17-10-11-19(25)23-18-8-6-7-9-21(18)27-24(17)23;1-3-7-12-10(5-1)9-11-6-2-4-8-13(11)12;14-9-6-5-8(13(15)16)12-11(9)7-3-1-2-4-10(7)17-12;1-9(2)6-10-7-12(13)14-8-11(10)15(3,4)5/h6-19,21-23H,20H2,1-5H3;6-11,13-15H,12H2,1-5H3;1-8H,9H2;1-6,15-16H;7-9H,6H2,1-5H3. The minimum absolute atomic E-state index is 0.320. The molecule has 0 bridgehead atoms. The minimum atomic E-state index is -1.57. The van der Waals surface area contributed by atoms with Crippen molar-refractivity contribution in [1.29, 1.82) is 0 Å². The molecule has 113 heavy (non-hydrogen) atoms. The van der Waals surface area contributed by atoms with Crippen LogP contribution in [0.4, 0.5) is 0 Å². The number of furan rings is 3. The van der Waals surface area contributed by atoms with E-state index in [1.165, 1.54) is 76.3 Å². The van der Waals surface area contributed by atoms with Crippen molar-refractivity contribution in [2.75, 3.05) is 0 Å². The fourth-order valence-electron chi connectivity index (χ4n) is 16.1. The fourth-order valence-corrected chi connectivity index (χ4v) is 21.7. The molecule has 2 N–H and O–H groups in total. The van der Waals surface area contributed by atoms with Crippen LogP contribution in [0.2, 0.25) is 69.0 Å². The number of hydrogen-bond donors (Lipinski definition) is 2. The van der Waals surface area contributed by atoms with Crippen molar-refractivity contribution in [1.82, 2.24) is 19.5 Å². The third-order valence-electron chi connectivity index (χ3n) is 21.1. The second kappa shape index (κ2) is 33.2. The molecule has 1 aliphatic rings. The molecule has 572 valence electrons. The lowest BCUT2D eigenvalue weighted by Gasteiger charge is -2.22. The maximum absolute atomic E-state index is 9.29. The van der Waals surface area contributed by atoms with Gasteiger partial charge in [-0.25, -0.2) is 4.98 Å². The molecule has 0 unspecified atom stereocenters. The van der Waals surface area contributed by atoms with Gasteiger partial charge in [0, 0.05) is 72.9 Å². The number of pyridine rings is 3. The van der Waals surface area contributed by atoms with Crippen molar-refractivity contribution in [3.05, 3.63) is 286 Å². The molecule has 0 atom stereocenters. The second-order valence-electron chi connectivity index (χ2n) is 34.2. The third kappa shape index (κ3) is 16.9. The number of halogens is 3. The van der Waals surface area contributed by atoms with Crippen molar-refractivity contribution in [3.8, 4) is 39.3 Å². The Morgan fingerprint density at radius 1 is 0.398 bits per heavy atom. The van der Waals surface area contributed by atoms with E-state index in [4.69, 9.17) is 46.4 Å². The Bertz CT molecular complexity index is 6280. The van der Waals surface area contributed by atoms with Crippen molar-refractivity contribution >= 4 is 179 Å². The van der Waals surface area contributed by atoms with Gasteiger partial charge < -0.3 is 27.9 Å². The highest BCUT2D eigenvalue weighted by molar-refractivity contribution is 9.10. The van der Waals surface area contributed by atoms with Gasteiger partial charge in [0.05, 0.1) is 67.8 Å². The number of rotatable bonds is 13. The van der Waals surface area contributed by atoms with Crippen molar-refractivity contribution in [2.45, 2.75) is 126 Å². The molecular formula is C97H98BBrCl2N4O5Si3. The minimum Gasteiger partial charge on any atom is -0.456 e. The molecule has 16 heteroatoms. The zero-order chi connectivity index (χ0) is 79.9. The monoisotopic (exact) mass is 1640 g/mol. The smallest absolute Gasteiger partial charge is 0.456 e. The van der Waals surface area contributed by atoms with Gasteiger partial charge in [0.2, 0.25) is 0 Å². The first-order valence-corrected chi connectivity index (χ1v) is 51.3. The van der Waals surface area contributed by atoms with Crippen LogP contribution < -0.4 is 21.0 Å². The van der Waals surface area contributed by atoms with Crippen LogP contribution in [0, 0.1) is 17.8 Å². The summed E-state index contributed by atoms with van der Waals surface area (Å²) in [4.78, 5) is 14.3. The summed E-state index contributed by atoms with van der Waals surface area (Å²) >= 11 is 16.1. The van der Waals surface area contributed by atoms with Crippen LogP contribution >= 0.6 is 39.1 Å². The lowest BCUT2D eigenvalue weighted by Crippen LogP contribution is -2.40. The molecular weight excluding hydrogens is 1550 g/mol. The highest BCUT2D eigenvalue weighted by Crippen LogP contribution is 2.44. The lowest BCUT2D eigenvalue weighted by atomic mass is 9.79. The number of para-hydroxylation sites is 5. The molecule has 0 fully saturated rings. The Kier molecular flexibility index (Phi) is 23.5. The highest BCUT2D eigenvalue weighted by atomic mass is 79.9. The lowest BCUT2D eigenvalue weighted by molar-refractivity contribution is 0.425. The van der Waals surface area contributed by atoms with E-state index in [1.54, 1.807) is 12.1 Å². The van der Waals surface area contributed by atoms with Crippen molar-refractivity contribution in [3.63, 3.8) is 0 Å². The van der Waals surface area contributed by atoms with Gasteiger partial charge >= 0.3 is 7.12 Å². The summed E-state index contributed by atoms with van der Waals surface area (Å²) in [5.74, 6) is 1.88. The average Bonchev–Trinajstić information content (AvgIpc) is 1.57. The fraction of sp³-hybridized carbons (Fsp3) is 0.227. The molecule has 7 heterocycles. The summed E-state index contributed by atoms with van der Waals surface area (Å²) in [6.07, 6.45) is 10.7. The number of aromatic nitrogens is 4. The molecule has 1 aliphatic carbocycles. The van der Waals surface area contributed by atoms with Gasteiger partial charge in [0.25, 0.3) is 0 Å². The van der Waals surface area contributed by atoms with E-state index >= 15 is 0 Å². The molecule has 9 nitrogen and oxygen atoms in total. The number of nitrogens with zero attached hydrogens (tertiary/aromatic N) is 4. The predicted octanol–water partition coefficient (Wildman–Crippen LogP) is 25.3. The third-order valence-corrected chi connectivity index (χ3v) is 28.3. The largest absolute Gasteiger partial charge is 0.492 e. The predicted molar refractivity (Wildman–Crippen MR) is 493 cm³/mol. The van der Waals surface area contributed by atoms with Gasteiger partial charge in [-0.05, 0) is 193 Å². The summed E-state index contributed by atoms with van der Waals surface area (Å²) in [6.45, 7) is 35.2. The van der Waals surface area contributed by atoms with Crippen LogP contribution in [-0.2, 0) is 25.7 Å². The molecule has 0 saturated heterocycles. The molecule has 0 aliphatic heterocycles. The summed E-state index contributed by atoms with van der Waals surface area (Å²) in [6, 6.07) is 77.0. The Hall–Kier alpha value is -9.45. The molecule has 7 aromatic heterocycles. The van der Waals surface area contributed by atoms with Gasteiger partial charge in [-0.1, -0.05) is 269 Å². The van der Waals surface area contributed by atoms with E-state index < -0.39 is 31.3 Å². The number of fused-ring (bicyclic) bond motifs is 15. The normalized spacial score (nSPS) is 12.2. The summed E-state index contributed by atoms with van der Waals surface area (Å²) in [5.41, 5.74) is 22.5. The Labute approximate surface area is 685 Å². The van der Waals surface area contributed by atoms with Gasteiger partial charge in [0.1, 0.15) is 38.1 Å². The van der Waals surface area contributed by atoms with Gasteiger partial charge in [-0.15, -0.1) is 0 Å². The maximum atomic E-state index is 9.29. The van der Waals surface area contributed by atoms with E-state index in [9.17, 15) is 10.0 Å². The number of hydrogen-bond acceptors (Lipinski definition) is 8. The first-order valence-electron chi connectivity index (χ1n) is 39.3. The molecule has 0 spiro atoms. The SMILES string of the molecule is CC(C)Cc1cc(-c2ccc(-n3c4ccccc4c4ccccc43)c3c2oc2ccccc23)ncc1[Si](C)(C)C.CC(C)Cc1cc(-c2ccc(Cl)c3c2oc2ccccc23)ncc1[Si](C)(C)C.CC(C)Cc1cc(Br)ncc1[Si](C)(C)C.OB(O)c1ccc(Cl)c2c1oc1ccccc12.c1ccc2c(c1)Cc1ccccc1-2. The molecule has 18 rings (SSSR count). The van der Waals surface area contributed by atoms with Crippen LogP contribution in [0.1, 0.15) is 69.4 Å². The Balaban J connectivity index is 0.000000126. The zero-order valence-corrected chi connectivity index (χ0v) is 73.4.